The molecule has 15 heavy (non-hydrogen) atoms. The van der Waals surface area contributed by atoms with Crippen molar-refractivity contribution in [3.8, 4) is 0 Å². The molecule has 1 aromatic heterocycles. The molecule has 0 saturated carbocycles. The Labute approximate surface area is 101 Å². The summed E-state index contributed by atoms with van der Waals surface area (Å²) in [7, 11) is 3.17. The van der Waals surface area contributed by atoms with Gasteiger partial charge >= 0.3 is 5.69 Å². The van der Waals surface area contributed by atoms with E-state index in [9.17, 15) is 9.59 Å². The maximum absolute atomic E-state index is 11.7. The molecule has 6 heteroatoms. The third-order valence-corrected chi connectivity index (χ3v) is 2.87. The first-order valence-electron chi connectivity index (χ1n) is 4.46. The fourth-order valence-corrected chi connectivity index (χ4v) is 1.89. The number of methoxy groups -OCH3 is 1. The highest BCUT2D eigenvalue weighted by atomic mass is 127. The van der Waals surface area contributed by atoms with Gasteiger partial charge in [0.1, 0.15) is 0 Å². The van der Waals surface area contributed by atoms with Crippen molar-refractivity contribution in [1.29, 1.82) is 0 Å². The van der Waals surface area contributed by atoms with Crippen LogP contribution >= 0.6 is 22.6 Å². The largest absolute Gasteiger partial charge is 0.380 e. The molecule has 0 amide bonds. The lowest BCUT2D eigenvalue weighted by atomic mass is 10.4. The summed E-state index contributed by atoms with van der Waals surface area (Å²) in [5.41, 5.74) is -0.577. The van der Waals surface area contributed by atoms with Gasteiger partial charge in [-0.25, -0.2) is 4.79 Å². The van der Waals surface area contributed by atoms with Crippen LogP contribution in [0.5, 0.6) is 0 Å². The normalized spacial score (nSPS) is 12.8. The Bertz CT molecular complexity index is 429. The van der Waals surface area contributed by atoms with E-state index in [1.807, 2.05) is 29.5 Å². The predicted octanol–water partition coefficient (Wildman–Crippen LogP) is 0.187. The molecule has 0 aliphatic carbocycles. The summed E-state index contributed by atoms with van der Waals surface area (Å²) >= 11 is 1.92. The smallest absolute Gasteiger partial charge is 0.330 e. The summed E-state index contributed by atoms with van der Waals surface area (Å²) in [5.74, 6) is 0. The molecule has 0 aromatic carbocycles. The Kier molecular flexibility index (Phi) is 4.09. The molecule has 0 fully saturated rings. The summed E-state index contributed by atoms with van der Waals surface area (Å²) in [4.78, 5) is 23.3. The molecular formula is C9H13IN2O3. The SMILES string of the molecule is COC(C)Cn1c(=O)c(I)cn(C)c1=O. The van der Waals surface area contributed by atoms with Crippen LogP contribution in [0.25, 0.3) is 0 Å². The van der Waals surface area contributed by atoms with Crippen molar-refractivity contribution in [3.05, 3.63) is 30.6 Å². The van der Waals surface area contributed by atoms with E-state index in [1.54, 1.807) is 14.2 Å². The van der Waals surface area contributed by atoms with Gasteiger partial charge in [-0.05, 0) is 29.5 Å². The first kappa shape index (κ1) is 12.4. The second-order valence-corrected chi connectivity index (χ2v) is 4.49. The Morgan fingerprint density at radius 2 is 2.13 bits per heavy atom. The number of halogens is 1. The van der Waals surface area contributed by atoms with Crippen LogP contribution in [0.2, 0.25) is 0 Å². The zero-order valence-electron chi connectivity index (χ0n) is 8.86. The molecular weight excluding hydrogens is 311 g/mol. The number of hydrogen-bond donors (Lipinski definition) is 0. The fourth-order valence-electron chi connectivity index (χ4n) is 1.18. The molecule has 1 heterocycles. The number of hydrogen-bond acceptors (Lipinski definition) is 3. The Hall–Kier alpha value is -0.630. The lowest BCUT2D eigenvalue weighted by Gasteiger charge is -2.12. The summed E-state index contributed by atoms with van der Waals surface area (Å²) in [6.45, 7) is 2.09. The zero-order chi connectivity index (χ0) is 11.6. The van der Waals surface area contributed by atoms with Gasteiger partial charge in [0.15, 0.2) is 0 Å². The quantitative estimate of drug-likeness (QED) is 0.746. The molecule has 84 valence electrons. The minimum absolute atomic E-state index is 0.159. The van der Waals surface area contributed by atoms with Crippen molar-refractivity contribution in [1.82, 2.24) is 9.13 Å². The van der Waals surface area contributed by atoms with E-state index in [-0.39, 0.29) is 23.9 Å². The molecule has 1 aromatic rings. The molecule has 0 saturated heterocycles. The van der Waals surface area contributed by atoms with Gasteiger partial charge < -0.3 is 9.30 Å². The molecule has 0 radical (unpaired) electrons. The second kappa shape index (κ2) is 4.93. The Balaban J connectivity index is 3.28. The highest BCUT2D eigenvalue weighted by Crippen LogP contribution is 1.95. The van der Waals surface area contributed by atoms with Gasteiger partial charge in [0, 0.05) is 20.4 Å². The van der Waals surface area contributed by atoms with E-state index in [2.05, 4.69) is 0 Å². The third-order valence-electron chi connectivity index (χ3n) is 2.13. The molecule has 0 N–H and O–H groups in total. The summed E-state index contributed by atoms with van der Waals surface area (Å²) in [6.07, 6.45) is 1.37. The van der Waals surface area contributed by atoms with Gasteiger partial charge in [-0.2, -0.15) is 0 Å². The fraction of sp³-hybridized carbons (Fsp3) is 0.556. The van der Waals surface area contributed by atoms with E-state index in [1.165, 1.54) is 15.3 Å². The molecule has 0 aliphatic rings. The Morgan fingerprint density at radius 1 is 1.53 bits per heavy atom. The summed E-state index contributed by atoms with van der Waals surface area (Å²) in [5, 5.41) is 0. The highest BCUT2D eigenvalue weighted by Gasteiger charge is 2.10. The van der Waals surface area contributed by atoms with Gasteiger partial charge in [-0.15, -0.1) is 0 Å². The third kappa shape index (κ3) is 2.69. The number of aryl methyl sites for hydroxylation is 1. The molecule has 5 nitrogen and oxygen atoms in total. The van der Waals surface area contributed by atoms with Crippen LogP contribution in [0.1, 0.15) is 6.92 Å². The average molecular weight is 324 g/mol. The van der Waals surface area contributed by atoms with Crippen molar-refractivity contribution in [3.63, 3.8) is 0 Å². The number of aromatic nitrogens is 2. The van der Waals surface area contributed by atoms with E-state index in [4.69, 9.17) is 4.74 Å². The highest BCUT2D eigenvalue weighted by molar-refractivity contribution is 14.1. The van der Waals surface area contributed by atoms with Crippen LogP contribution in [0.15, 0.2) is 15.8 Å². The maximum atomic E-state index is 11.7. The molecule has 0 bridgehead atoms. The maximum Gasteiger partial charge on any atom is 0.330 e. The van der Waals surface area contributed by atoms with E-state index < -0.39 is 0 Å². The molecule has 1 atom stereocenters. The summed E-state index contributed by atoms with van der Waals surface area (Å²) in [6, 6.07) is 0. The zero-order valence-corrected chi connectivity index (χ0v) is 11.0. The van der Waals surface area contributed by atoms with Crippen LogP contribution in [0.4, 0.5) is 0 Å². The minimum Gasteiger partial charge on any atom is -0.380 e. The van der Waals surface area contributed by atoms with Crippen LogP contribution in [0, 0.1) is 3.57 Å². The number of nitrogens with zero attached hydrogens (tertiary/aromatic N) is 2. The van der Waals surface area contributed by atoms with Crippen molar-refractivity contribution in [2.24, 2.45) is 7.05 Å². The van der Waals surface area contributed by atoms with E-state index in [0.29, 0.717) is 3.57 Å². The molecule has 0 spiro atoms. The standard InChI is InChI=1S/C9H13IN2O3/c1-6(15-3)4-12-8(13)7(10)5-11(2)9(12)14/h5-6H,4H2,1-3H3. The van der Waals surface area contributed by atoms with E-state index in [0.717, 1.165) is 0 Å². The van der Waals surface area contributed by atoms with Gasteiger partial charge in [0.25, 0.3) is 5.56 Å². The number of rotatable bonds is 3. The lowest BCUT2D eigenvalue weighted by molar-refractivity contribution is 0.100. The van der Waals surface area contributed by atoms with Gasteiger partial charge in [-0.1, -0.05) is 0 Å². The van der Waals surface area contributed by atoms with Crippen LogP contribution in [-0.2, 0) is 18.3 Å². The molecule has 1 rings (SSSR count). The van der Waals surface area contributed by atoms with Crippen molar-refractivity contribution in [2.45, 2.75) is 19.6 Å². The van der Waals surface area contributed by atoms with Crippen LogP contribution in [0.3, 0.4) is 0 Å². The van der Waals surface area contributed by atoms with Crippen LogP contribution in [-0.4, -0.2) is 22.3 Å². The first-order valence-corrected chi connectivity index (χ1v) is 5.54. The minimum atomic E-state index is -0.315. The Morgan fingerprint density at radius 3 is 2.67 bits per heavy atom. The molecule has 0 aliphatic heterocycles. The van der Waals surface area contributed by atoms with E-state index >= 15 is 0 Å². The van der Waals surface area contributed by atoms with Crippen LogP contribution < -0.4 is 11.2 Å². The predicted molar refractivity (Wildman–Crippen MR) is 65.1 cm³/mol. The number of ether oxygens (including phenoxy) is 1. The summed E-state index contributed by atoms with van der Waals surface area (Å²) < 4.78 is 8.14. The topological polar surface area (TPSA) is 53.2 Å². The lowest BCUT2D eigenvalue weighted by Crippen LogP contribution is -2.42. The average Bonchev–Trinajstić information content (AvgIpc) is 2.21. The van der Waals surface area contributed by atoms with Gasteiger partial charge in [-0.3, -0.25) is 9.36 Å². The van der Waals surface area contributed by atoms with Gasteiger partial charge in [0.2, 0.25) is 0 Å². The van der Waals surface area contributed by atoms with Gasteiger partial charge in [0.05, 0.1) is 16.2 Å². The monoisotopic (exact) mass is 324 g/mol. The van der Waals surface area contributed by atoms with Crippen molar-refractivity contribution in [2.75, 3.05) is 7.11 Å². The molecule has 1 unspecified atom stereocenters. The first-order chi connectivity index (χ1) is 6.97. The van der Waals surface area contributed by atoms with Crippen molar-refractivity contribution < 1.29 is 4.74 Å². The van der Waals surface area contributed by atoms with Crippen molar-refractivity contribution >= 4 is 22.6 Å². The second-order valence-electron chi connectivity index (χ2n) is 3.33.